The average molecular weight is 176 g/mol. The van der Waals surface area contributed by atoms with E-state index >= 15 is 0 Å². The third kappa shape index (κ3) is 1.39. The molecule has 0 spiro atoms. The minimum atomic E-state index is 0.425. The minimum Gasteiger partial charge on any atom is -0.210 e. The highest BCUT2D eigenvalue weighted by atomic mass is 15.4. The zero-order valence-electron chi connectivity index (χ0n) is 8.02. The molecule has 0 aliphatic carbocycles. The second kappa shape index (κ2) is 2.80. The Bertz CT molecular complexity index is 430. The summed E-state index contributed by atoms with van der Waals surface area (Å²) in [6.45, 7) is 6.08. The molecule has 0 amide bonds. The van der Waals surface area contributed by atoms with Crippen molar-refractivity contribution in [2.24, 2.45) is 0 Å². The lowest BCUT2D eigenvalue weighted by Gasteiger charge is -2.01. The van der Waals surface area contributed by atoms with Gasteiger partial charge in [0.1, 0.15) is 5.82 Å². The molecule has 0 N–H and O–H groups in total. The van der Waals surface area contributed by atoms with Crippen molar-refractivity contribution in [3.63, 3.8) is 0 Å². The lowest BCUT2D eigenvalue weighted by Crippen LogP contribution is -2.00. The fraction of sp³-hybridized carbons (Fsp3) is 0.444. The first-order valence-electron chi connectivity index (χ1n) is 4.37. The van der Waals surface area contributed by atoms with Crippen molar-refractivity contribution in [3.05, 3.63) is 23.7 Å². The van der Waals surface area contributed by atoms with Crippen LogP contribution in [0, 0.1) is 6.92 Å². The largest absolute Gasteiger partial charge is 0.210 e. The van der Waals surface area contributed by atoms with E-state index in [1.54, 1.807) is 4.63 Å². The van der Waals surface area contributed by atoms with Crippen molar-refractivity contribution >= 4 is 5.65 Å². The van der Waals surface area contributed by atoms with E-state index in [0.717, 1.165) is 17.2 Å². The molecule has 0 radical (unpaired) electrons. The predicted molar refractivity (Wildman–Crippen MR) is 49.6 cm³/mol. The van der Waals surface area contributed by atoms with Crippen LogP contribution in [0.4, 0.5) is 0 Å². The molecule has 0 aromatic carbocycles. The Morgan fingerprint density at radius 2 is 2.00 bits per heavy atom. The predicted octanol–water partition coefficient (Wildman–Crippen LogP) is 1.56. The number of rotatable bonds is 1. The number of hydrogen-bond acceptors (Lipinski definition) is 3. The van der Waals surface area contributed by atoms with Gasteiger partial charge in [0.05, 0.1) is 5.69 Å². The van der Waals surface area contributed by atoms with Crippen LogP contribution in [0.5, 0.6) is 0 Å². The summed E-state index contributed by atoms with van der Waals surface area (Å²) >= 11 is 0. The molecule has 68 valence electrons. The van der Waals surface area contributed by atoms with Gasteiger partial charge < -0.3 is 0 Å². The number of aromatic nitrogens is 4. The molecule has 0 saturated heterocycles. The summed E-state index contributed by atoms with van der Waals surface area (Å²) < 4.78 is 1.59. The second-order valence-electron chi connectivity index (χ2n) is 3.42. The minimum absolute atomic E-state index is 0.425. The van der Waals surface area contributed by atoms with E-state index in [4.69, 9.17) is 0 Å². The standard InChI is InChI=1S/C9H12N4/c1-6(2)8-4-5-9-10-7(3)11-13(9)12-8/h4-6H,1-3H3. The molecule has 2 aromatic rings. The lowest BCUT2D eigenvalue weighted by molar-refractivity contribution is 0.710. The van der Waals surface area contributed by atoms with E-state index in [9.17, 15) is 0 Å². The van der Waals surface area contributed by atoms with Gasteiger partial charge in [0, 0.05) is 0 Å². The summed E-state index contributed by atoms with van der Waals surface area (Å²) in [6.07, 6.45) is 0. The van der Waals surface area contributed by atoms with Gasteiger partial charge in [0.15, 0.2) is 5.65 Å². The third-order valence-electron chi connectivity index (χ3n) is 1.93. The van der Waals surface area contributed by atoms with E-state index in [0.29, 0.717) is 5.92 Å². The Balaban J connectivity index is 2.61. The molecule has 0 bridgehead atoms. The molecule has 0 saturated carbocycles. The third-order valence-corrected chi connectivity index (χ3v) is 1.93. The monoisotopic (exact) mass is 176 g/mol. The highest BCUT2D eigenvalue weighted by molar-refractivity contribution is 5.35. The van der Waals surface area contributed by atoms with Crippen molar-refractivity contribution < 1.29 is 0 Å². The maximum Gasteiger partial charge on any atom is 0.176 e. The van der Waals surface area contributed by atoms with Gasteiger partial charge in [-0.2, -0.15) is 5.10 Å². The zero-order valence-corrected chi connectivity index (χ0v) is 8.02. The van der Waals surface area contributed by atoms with Gasteiger partial charge in [-0.05, 0) is 25.0 Å². The van der Waals surface area contributed by atoms with Crippen LogP contribution in [0.25, 0.3) is 5.65 Å². The molecule has 0 aliphatic rings. The highest BCUT2D eigenvalue weighted by Crippen LogP contribution is 2.10. The topological polar surface area (TPSA) is 43.1 Å². The summed E-state index contributed by atoms with van der Waals surface area (Å²) in [7, 11) is 0. The molecule has 2 rings (SSSR count). The van der Waals surface area contributed by atoms with Crippen LogP contribution in [0.15, 0.2) is 12.1 Å². The molecule has 0 fully saturated rings. The van der Waals surface area contributed by atoms with Crippen LogP contribution in [0.2, 0.25) is 0 Å². The van der Waals surface area contributed by atoms with Gasteiger partial charge in [-0.1, -0.05) is 13.8 Å². The van der Waals surface area contributed by atoms with E-state index in [2.05, 4.69) is 29.0 Å². The van der Waals surface area contributed by atoms with Gasteiger partial charge in [-0.25, -0.2) is 4.98 Å². The van der Waals surface area contributed by atoms with E-state index < -0.39 is 0 Å². The molecule has 0 atom stereocenters. The molecular formula is C9H12N4. The Hall–Kier alpha value is -1.45. The molecule has 2 aromatic heterocycles. The van der Waals surface area contributed by atoms with Crippen molar-refractivity contribution in [1.29, 1.82) is 0 Å². The Morgan fingerprint density at radius 1 is 1.23 bits per heavy atom. The van der Waals surface area contributed by atoms with E-state index in [-0.39, 0.29) is 0 Å². The van der Waals surface area contributed by atoms with E-state index in [1.807, 2.05) is 19.1 Å². The summed E-state index contributed by atoms with van der Waals surface area (Å²) in [5, 5.41) is 8.49. The fourth-order valence-electron chi connectivity index (χ4n) is 1.21. The van der Waals surface area contributed by atoms with Crippen LogP contribution >= 0.6 is 0 Å². The van der Waals surface area contributed by atoms with E-state index in [1.165, 1.54) is 0 Å². The first kappa shape index (κ1) is 8.16. The summed E-state index contributed by atoms with van der Waals surface area (Å²) in [6, 6.07) is 3.94. The second-order valence-corrected chi connectivity index (χ2v) is 3.42. The SMILES string of the molecule is Cc1nc2ccc(C(C)C)nn2n1. The molecule has 13 heavy (non-hydrogen) atoms. The van der Waals surface area contributed by atoms with Crippen LogP contribution < -0.4 is 0 Å². The quantitative estimate of drug-likeness (QED) is 0.662. The van der Waals surface area contributed by atoms with Crippen molar-refractivity contribution in [2.75, 3.05) is 0 Å². The van der Waals surface area contributed by atoms with Gasteiger partial charge in [-0.15, -0.1) is 9.73 Å². The van der Waals surface area contributed by atoms with Gasteiger partial charge in [0.25, 0.3) is 0 Å². The molecule has 4 heteroatoms. The maximum atomic E-state index is 4.34. The van der Waals surface area contributed by atoms with Crippen LogP contribution in [-0.4, -0.2) is 19.8 Å². The van der Waals surface area contributed by atoms with Crippen LogP contribution in [-0.2, 0) is 0 Å². The number of fused-ring (bicyclic) bond motifs is 1. The van der Waals surface area contributed by atoms with Gasteiger partial charge in [-0.3, -0.25) is 0 Å². The Morgan fingerprint density at radius 3 is 2.69 bits per heavy atom. The zero-order chi connectivity index (χ0) is 9.42. The molecule has 0 unspecified atom stereocenters. The van der Waals surface area contributed by atoms with Crippen LogP contribution in [0.1, 0.15) is 31.3 Å². The highest BCUT2D eigenvalue weighted by Gasteiger charge is 2.04. The first-order chi connectivity index (χ1) is 6.16. The summed E-state index contributed by atoms with van der Waals surface area (Å²) in [5.41, 5.74) is 1.85. The number of aryl methyl sites for hydroxylation is 1. The van der Waals surface area contributed by atoms with Gasteiger partial charge >= 0.3 is 0 Å². The lowest BCUT2D eigenvalue weighted by atomic mass is 10.1. The van der Waals surface area contributed by atoms with Crippen molar-refractivity contribution in [2.45, 2.75) is 26.7 Å². The fourth-order valence-corrected chi connectivity index (χ4v) is 1.21. The molecule has 0 aliphatic heterocycles. The van der Waals surface area contributed by atoms with Crippen molar-refractivity contribution in [1.82, 2.24) is 19.8 Å². The average Bonchev–Trinajstić information content (AvgIpc) is 2.42. The number of hydrogen-bond donors (Lipinski definition) is 0. The smallest absolute Gasteiger partial charge is 0.176 e. The number of nitrogens with zero attached hydrogens (tertiary/aromatic N) is 4. The normalized spacial score (nSPS) is 11.4. The summed E-state index contributed by atoms with van der Waals surface area (Å²) in [4.78, 5) is 4.20. The summed E-state index contributed by atoms with van der Waals surface area (Å²) in [5.74, 6) is 1.18. The Labute approximate surface area is 76.6 Å². The van der Waals surface area contributed by atoms with Crippen molar-refractivity contribution in [3.8, 4) is 0 Å². The van der Waals surface area contributed by atoms with Crippen LogP contribution in [0.3, 0.4) is 0 Å². The molecule has 2 heterocycles. The first-order valence-corrected chi connectivity index (χ1v) is 4.37. The molecular weight excluding hydrogens is 164 g/mol. The molecule has 4 nitrogen and oxygen atoms in total. The van der Waals surface area contributed by atoms with Gasteiger partial charge in [0.2, 0.25) is 0 Å². The Kier molecular flexibility index (Phi) is 1.76. The maximum absolute atomic E-state index is 4.34.